The number of alkyl halides is 3. The molecular formula is C13H12F3NO3. The minimum absolute atomic E-state index is 0.164. The zero-order valence-electron chi connectivity index (χ0n) is 10.5. The van der Waals surface area contributed by atoms with E-state index in [1.54, 1.807) is 24.3 Å². The Labute approximate surface area is 112 Å². The molecule has 0 bridgehead atoms. The highest BCUT2D eigenvalue weighted by molar-refractivity contribution is 5.85. The largest absolute Gasteiger partial charge is 0.471 e. The highest BCUT2D eigenvalue weighted by Crippen LogP contribution is 2.34. The van der Waals surface area contributed by atoms with Crippen LogP contribution in [0.3, 0.4) is 0 Å². The van der Waals surface area contributed by atoms with Crippen molar-refractivity contribution < 1.29 is 27.5 Å². The molecule has 0 aliphatic heterocycles. The second-order valence-corrected chi connectivity index (χ2v) is 4.48. The number of rotatable bonds is 2. The summed E-state index contributed by atoms with van der Waals surface area (Å²) in [5, 5.41) is 1.87. The molecule has 0 saturated heterocycles. The minimum Gasteiger partial charge on any atom is -0.468 e. The standard InChI is InChI=1S/C13H12F3NO3/c1-20-11(18)10-8-5-3-2-4-7(8)6-9(10)17-12(19)13(14,15)16/h2-5,9-10H,6H2,1H3,(H,17,19)/t9?,10-/m1/s1. The van der Waals surface area contributed by atoms with Crippen molar-refractivity contribution in [2.75, 3.05) is 7.11 Å². The van der Waals surface area contributed by atoms with Gasteiger partial charge in [-0.2, -0.15) is 13.2 Å². The molecule has 2 rings (SSSR count). The second kappa shape index (κ2) is 5.15. The topological polar surface area (TPSA) is 55.4 Å². The number of ether oxygens (including phenoxy) is 1. The zero-order valence-corrected chi connectivity index (χ0v) is 10.5. The number of benzene rings is 1. The van der Waals surface area contributed by atoms with E-state index in [4.69, 9.17) is 0 Å². The predicted octanol–water partition coefficient (Wildman–Crippen LogP) is 1.55. The lowest BCUT2D eigenvalue weighted by Gasteiger charge is -2.20. The van der Waals surface area contributed by atoms with Crippen molar-refractivity contribution in [1.29, 1.82) is 0 Å². The van der Waals surface area contributed by atoms with Gasteiger partial charge in [0.05, 0.1) is 13.2 Å². The Morgan fingerprint density at radius 2 is 1.95 bits per heavy atom. The molecule has 108 valence electrons. The van der Waals surface area contributed by atoms with Gasteiger partial charge in [-0.1, -0.05) is 24.3 Å². The molecule has 1 amide bonds. The van der Waals surface area contributed by atoms with Crippen molar-refractivity contribution in [2.24, 2.45) is 0 Å². The molecule has 0 heterocycles. The lowest BCUT2D eigenvalue weighted by atomic mass is 9.98. The van der Waals surface area contributed by atoms with Crippen LogP contribution in [-0.4, -0.2) is 31.2 Å². The van der Waals surface area contributed by atoms with E-state index in [9.17, 15) is 22.8 Å². The molecule has 0 radical (unpaired) electrons. The fraction of sp³-hybridized carbons (Fsp3) is 0.385. The number of carbonyl (C=O) groups is 2. The number of nitrogens with one attached hydrogen (secondary N) is 1. The van der Waals surface area contributed by atoms with Gasteiger partial charge in [0.15, 0.2) is 0 Å². The third-order valence-electron chi connectivity index (χ3n) is 3.26. The summed E-state index contributed by atoms with van der Waals surface area (Å²) < 4.78 is 41.6. The minimum atomic E-state index is -4.98. The summed E-state index contributed by atoms with van der Waals surface area (Å²) in [7, 11) is 1.16. The van der Waals surface area contributed by atoms with Crippen LogP contribution in [0.5, 0.6) is 0 Å². The summed E-state index contributed by atoms with van der Waals surface area (Å²) in [6.07, 6.45) is -4.81. The maximum absolute atomic E-state index is 12.3. The van der Waals surface area contributed by atoms with Gasteiger partial charge in [0.25, 0.3) is 0 Å². The van der Waals surface area contributed by atoms with Crippen LogP contribution in [0.2, 0.25) is 0 Å². The highest BCUT2D eigenvalue weighted by Gasteiger charge is 2.45. The van der Waals surface area contributed by atoms with Gasteiger partial charge in [-0.25, -0.2) is 0 Å². The molecular weight excluding hydrogens is 275 g/mol. The predicted molar refractivity (Wildman–Crippen MR) is 62.9 cm³/mol. The third kappa shape index (κ3) is 2.61. The first-order valence-corrected chi connectivity index (χ1v) is 5.88. The van der Waals surface area contributed by atoms with Crippen molar-refractivity contribution in [3.05, 3.63) is 35.4 Å². The third-order valence-corrected chi connectivity index (χ3v) is 3.26. The monoisotopic (exact) mass is 287 g/mol. The van der Waals surface area contributed by atoms with Crippen LogP contribution in [-0.2, 0) is 20.7 Å². The van der Waals surface area contributed by atoms with Gasteiger partial charge in [-0.15, -0.1) is 0 Å². The smallest absolute Gasteiger partial charge is 0.468 e. The number of hydrogen-bond donors (Lipinski definition) is 1. The lowest BCUT2D eigenvalue weighted by Crippen LogP contribution is -2.46. The average molecular weight is 287 g/mol. The number of carbonyl (C=O) groups excluding carboxylic acids is 2. The summed E-state index contributed by atoms with van der Waals surface area (Å²) in [5.41, 5.74) is 1.32. The summed E-state index contributed by atoms with van der Waals surface area (Å²) in [6.45, 7) is 0. The van der Waals surface area contributed by atoms with E-state index in [2.05, 4.69) is 4.74 Å². The van der Waals surface area contributed by atoms with Crippen molar-refractivity contribution in [3.63, 3.8) is 0 Å². The molecule has 1 aliphatic carbocycles. The van der Waals surface area contributed by atoms with Crippen LogP contribution in [0.15, 0.2) is 24.3 Å². The molecule has 7 heteroatoms. The van der Waals surface area contributed by atoms with E-state index in [0.29, 0.717) is 5.56 Å². The summed E-state index contributed by atoms with van der Waals surface area (Å²) in [4.78, 5) is 22.8. The van der Waals surface area contributed by atoms with Crippen LogP contribution in [0.4, 0.5) is 13.2 Å². The van der Waals surface area contributed by atoms with Gasteiger partial charge in [0.1, 0.15) is 5.92 Å². The Balaban J connectivity index is 2.27. The van der Waals surface area contributed by atoms with E-state index in [0.717, 1.165) is 12.7 Å². The van der Waals surface area contributed by atoms with Crippen molar-refractivity contribution >= 4 is 11.9 Å². The van der Waals surface area contributed by atoms with Gasteiger partial charge >= 0.3 is 18.1 Å². The Bertz CT molecular complexity index is 542. The Hall–Kier alpha value is -2.05. The molecule has 1 N–H and O–H groups in total. The van der Waals surface area contributed by atoms with Gasteiger partial charge in [-0.3, -0.25) is 9.59 Å². The van der Waals surface area contributed by atoms with Crippen LogP contribution in [0, 0.1) is 0 Å². The first kappa shape index (κ1) is 14.4. The molecule has 0 saturated carbocycles. The van der Waals surface area contributed by atoms with Crippen molar-refractivity contribution in [2.45, 2.75) is 24.6 Å². The Morgan fingerprint density at radius 1 is 1.30 bits per heavy atom. The van der Waals surface area contributed by atoms with E-state index in [1.807, 2.05) is 5.32 Å². The molecule has 1 aromatic carbocycles. The lowest BCUT2D eigenvalue weighted by molar-refractivity contribution is -0.174. The van der Waals surface area contributed by atoms with E-state index in [-0.39, 0.29) is 6.42 Å². The fourth-order valence-electron chi connectivity index (χ4n) is 2.40. The molecule has 0 spiro atoms. The molecule has 0 aromatic heterocycles. The average Bonchev–Trinajstić information content (AvgIpc) is 2.74. The maximum Gasteiger partial charge on any atom is 0.471 e. The summed E-state index contributed by atoms with van der Waals surface area (Å²) >= 11 is 0. The van der Waals surface area contributed by atoms with Gasteiger partial charge < -0.3 is 10.1 Å². The van der Waals surface area contributed by atoms with Gasteiger partial charge in [0, 0.05) is 0 Å². The van der Waals surface area contributed by atoms with E-state index in [1.165, 1.54) is 0 Å². The SMILES string of the molecule is COC(=O)[C@@H]1c2ccccc2CC1NC(=O)C(F)(F)F. The summed E-state index contributed by atoms with van der Waals surface area (Å²) in [5.74, 6) is -3.63. The Kier molecular flexibility index (Phi) is 3.69. The number of halogens is 3. The molecule has 1 aliphatic rings. The molecule has 1 unspecified atom stereocenters. The number of amides is 1. The van der Waals surface area contributed by atoms with Crippen LogP contribution in [0.1, 0.15) is 17.0 Å². The highest BCUT2D eigenvalue weighted by atomic mass is 19.4. The molecule has 2 atom stereocenters. The molecule has 0 fully saturated rings. The van der Waals surface area contributed by atoms with Crippen LogP contribution >= 0.6 is 0 Å². The van der Waals surface area contributed by atoms with Gasteiger partial charge in [0.2, 0.25) is 0 Å². The van der Waals surface area contributed by atoms with Crippen LogP contribution < -0.4 is 5.32 Å². The van der Waals surface area contributed by atoms with Crippen LogP contribution in [0.25, 0.3) is 0 Å². The molecule has 20 heavy (non-hydrogen) atoms. The van der Waals surface area contributed by atoms with Crippen molar-refractivity contribution in [3.8, 4) is 0 Å². The van der Waals surface area contributed by atoms with E-state index < -0.39 is 30.0 Å². The Morgan fingerprint density at radius 3 is 2.55 bits per heavy atom. The number of esters is 1. The first-order chi connectivity index (χ1) is 9.34. The number of methoxy groups -OCH3 is 1. The molecule has 1 aromatic rings. The normalized spacial score (nSPS) is 21.2. The quantitative estimate of drug-likeness (QED) is 0.840. The van der Waals surface area contributed by atoms with Gasteiger partial charge in [-0.05, 0) is 17.5 Å². The fourth-order valence-corrected chi connectivity index (χ4v) is 2.40. The first-order valence-electron chi connectivity index (χ1n) is 5.88. The zero-order chi connectivity index (χ0) is 14.9. The van der Waals surface area contributed by atoms with E-state index >= 15 is 0 Å². The number of fused-ring (bicyclic) bond motifs is 1. The number of hydrogen-bond acceptors (Lipinski definition) is 3. The second-order valence-electron chi connectivity index (χ2n) is 4.48. The van der Waals surface area contributed by atoms with Crippen molar-refractivity contribution in [1.82, 2.24) is 5.32 Å². The maximum atomic E-state index is 12.3. The summed E-state index contributed by atoms with van der Waals surface area (Å²) in [6, 6.07) is 5.82. The molecule has 4 nitrogen and oxygen atoms in total.